The Bertz CT molecular complexity index is 718. The Hall–Kier alpha value is -2.82. The molecule has 0 aliphatic heterocycles. The fourth-order valence-electron chi connectivity index (χ4n) is 2.86. The van der Waals surface area contributed by atoms with Crippen LogP contribution in [-0.2, 0) is 17.6 Å². The van der Waals surface area contributed by atoms with Crippen LogP contribution in [0.15, 0.2) is 48.5 Å². The molecule has 2 aromatic carbocycles. The van der Waals surface area contributed by atoms with Crippen LogP contribution in [0.3, 0.4) is 0 Å². The highest BCUT2D eigenvalue weighted by molar-refractivity contribution is 5.94. The van der Waals surface area contributed by atoms with Crippen LogP contribution in [0, 0.1) is 0 Å². The molecule has 0 unspecified atom stereocenters. The van der Waals surface area contributed by atoms with Gasteiger partial charge in [0.15, 0.2) is 0 Å². The molecule has 118 valence electrons. The third-order valence-corrected chi connectivity index (χ3v) is 3.93. The lowest BCUT2D eigenvalue weighted by Gasteiger charge is -2.13. The van der Waals surface area contributed by atoms with Crippen LogP contribution in [0.2, 0.25) is 0 Å². The van der Waals surface area contributed by atoms with Crippen molar-refractivity contribution in [1.82, 2.24) is 5.32 Å². The molecule has 0 fully saturated rings. The summed E-state index contributed by atoms with van der Waals surface area (Å²) in [6, 6.07) is 14.7. The van der Waals surface area contributed by atoms with Crippen molar-refractivity contribution >= 4 is 17.7 Å². The van der Waals surface area contributed by atoms with Gasteiger partial charge in [-0.3, -0.25) is 0 Å². The van der Waals surface area contributed by atoms with Gasteiger partial charge in [0.1, 0.15) is 0 Å². The molecule has 5 nitrogen and oxygen atoms in total. The average Bonchev–Trinajstić information content (AvgIpc) is 2.96. The minimum Gasteiger partial charge on any atom is -0.465 e. The molecule has 0 aromatic heterocycles. The van der Waals surface area contributed by atoms with Crippen molar-refractivity contribution in [2.45, 2.75) is 18.9 Å². The molecule has 1 aliphatic carbocycles. The number of esters is 1. The van der Waals surface area contributed by atoms with Crippen molar-refractivity contribution in [3.8, 4) is 0 Å². The maximum absolute atomic E-state index is 12.1. The van der Waals surface area contributed by atoms with Gasteiger partial charge in [0.05, 0.1) is 12.7 Å². The Kier molecular flexibility index (Phi) is 4.28. The molecule has 0 saturated heterocycles. The van der Waals surface area contributed by atoms with E-state index in [0.29, 0.717) is 11.3 Å². The SMILES string of the molecule is COC(=O)c1cccc(NC(=O)NC2Cc3ccccc3C2)c1. The first-order valence-corrected chi connectivity index (χ1v) is 7.48. The molecule has 5 heteroatoms. The first-order chi connectivity index (χ1) is 11.2. The molecule has 1 aliphatic rings. The van der Waals surface area contributed by atoms with E-state index in [4.69, 9.17) is 0 Å². The summed E-state index contributed by atoms with van der Waals surface area (Å²) >= 11 is 0. The number of anilines is 1. The average molecular weight is 310 g/mol. The van der Waals surface area contributed by atoms with Gasteiger partial charge in [0.2, 0.25) is 0 Å². The second-order valence-corrected chi connectivity index (χ2v) is 5.54. The normalized spacial score (nSPS) is 13.3. The van der Waals surface area contributed by atoms with Gasteiger partial charge in [-0.05, 0) is 42.2 Å². The highest BCUT2D eigenvalue weighted by atomic mass is 16.5. The zero-order chi connectivity index (χ0) is 16.2. The summed E-state index contributed by atoms with van der Waals surface area (Å²) in [6.07, 6.45) is 1.68. The van der Waals surface area contributed by atoms with E-state index in [1.54, 1.807) is 24.3 Å². The van der Waals surface area contributed by atoms with Crippen LogP contribution in [0.25, 0.3) is 0 Å². The molecule has 0 saturated carbocycles. The van der Waals surface area contributed by atoms with Gasteiger partial charge in [-0.1, -0.05) is 30.3 Å². The molecule has 0 atom stereocenters. The fraction of sp³-hybridized carbons (Fsp3) is 0.222. The van der Waals surface area contributed by atoms with Crippen LogP contribution >= 0.6 is 0 Å². The van der Waals surface area contributed by atoms with Crippen LogP contribution in [0.4, 0.5) is 10.5 Å². The Morgan fingerprint density at radius 2 is 1.74 bits per heavy atom. The van der Waals surface area contributed by atoms with E-state index in [1.807, 2.05) is 12.1 Å². The Morgan fingerprint density at radius 3 is 2.39 bits per heavy atom. The lowest BCUT2D eigenvalue weighted by Crippen LogP contribution is -2.38. The number of methoxy groups -OCH3 is 1. The second-order valence-electron chi connectivity index (χ2n) is 5.54. The van der Waals surface area contributed by atoms with Gasteiger partial charge >= 0.3 is 12.0 Å². The highest BCUT2D eigenvalue weighted by Crippen LogP contribution is 2.21. The molecular weight excluding hydrogens is 292 g/mol. The summed E-state index contributed by atoms with van der Waals surface area (Å²) in [6.45, 7) is 0. The third-order valence-electron chi connectivity index (χ3n) is 3.93. The van der Waals surface area contributed by atoms with Crippen LogP contribution < -0.4 is 10.6 Å². The standard InChI is InChI=1S/C18H18N2O3/c1-23-17(21)14-7-4-8-15(11-14)19-18(22)20-16-9-12-5-2-3-6-13(12)10-16/h2-8,11,16H,9-10H2,1H3,(H2,19,20,22). The smallest absolute Gasteiger partial charge is 0.337 e. The molecule has 3 rings (SSSR count). The number of amides is 2. The zero-order valence-corrected chi connectivity index (χ0v) is 12.8. The molecule has 2 aromatic rings. The lowest BCUT2D eigenvalue weighted by atomic mass is 10.1. The largest absolute Gasteiger partial charge is 0.465 e. The quantitative estimate of drug-likeness (QED) is 0.857. The van der Waals surface area contributed by atoms with Gasteiger partial charge in [-0.2, -0.15) is 0 Å². The second kappa shape index (κ2) is 6.52. The minimum absolute atomic E-state index is 0.0937. The summed E-state index contributed by atoms with van der Waals surface area (Å²) < 4.78 is 4.67. The van der Waals surface area contributed by atoms with Crippen molar-refractivity contribution in [3.63, 3.8) is 0 Å². The van der Waals surface area contributed by atoms with E-state index >= 15 is 0 Å². The molecule has 0 bridgehead atoms. The van der Waals surface area contributed by atoms with Crippen LogP contribution in [0.5, 0.6) is 0 Å². The molecule has 2 N–H and O–H groups in total. The van der Waals surface area contributed by atoms with Crippen molar-refractivity contribution < 1.29 is 14.3 Å². The molecular formula is C18H18N2O3. The number of urea groups is 1. The third kappa shape index (κ3) is 3.51. The number of nitrogens with one attached hydrogen (secondary N) is 2. The van der Waals surface area contributed by atoms with Gasteiger partial charge < -0.3 is 15.4 Å². The number of ether oxygens (including phenoxy) is 1. The van der Waals surface area contributed by atoms with E-state index in [0.717, 1.165) is 12.8 Å². The fourth-order valence-corrected chi connectivity index (χ4v) is 2.86. The number of carbonyl (C=O) groups excluding carboxylic acids is 2. The number of rotatable bonds is 3. The highest BCUT2D eigenvalue weighted by Gasteiger charge is 2.22. The predicted octanol–water partition coefficient (Wildman–Crippen LogP) is 2.76. The summed E-state index contributed by atoms with van der Waals surface area (Å²) in [5, 5.41) is 5.73. The van der Waals surface area contributed by atoms with Crippen molar-refractivity contribution in [1.29, 1.82) is 0 Å². The Labute approximate surface area is 134 Å². The number of fused-ring (bicyclic) bond motifs is 1. The monoisotopic (exact) mass is 310 g/mol. The van der Waals surface area contributed by atoms with Gasteiger partial charge in [0, 0.05) is 11.7 Å². The topological polar surface area (TPSA) is 67.4 Å². The number of carbonyl (C=O) groups is 2. The summed E-state index contributed by atoms with van der Waals surface area (Å²) in [7, 11) is 1.33. The molecule has 23 heavy (non-hydrogen) atoms. The van der Waals surface area contributed by atoms with Crippen LogP contribution in [-0.4, -0.2) is 25.2 Å². The van der Waals surface area contributed by atoms with Gasteiger partial charge in [-0.15, -0.1) is 0 Å². The molecule has 0 heterocycles. The number of hydrogen-bond acceptors (Lipinski definition) is 3. The van der Waals surface area contributed by atoms with Crippen molar-refractivity contribution in [3.05, 3.63) is 65.2 Å². The number of benzene rings is 2. The van der Waals surface area contributed by atoms with E-state index < -0.39 is 5.97 Å². The van der Waals surface area contributed by atoms with Crippen molar-refractivity contribution in [2.24, 2.45) is 0 Å². The van der Waals surface area contributed by atoms with Crippen molar-refractivity contribution in [2.75, 3.05) is 12.4 Å². The summed E-state index contributed by atoms with van der Waals surface area (Å²) in [5.74, 6) is -0.430. The minimum atomic E-state index is -0.430. The summed E-state index contributed by atoms with van der Waals surface area (Å²) in [4.78, 5) is 23.6. The lowest BCUT2D eigenvalue weighted by molar-refractivity contribution is 0.0600. The van der Waals surface area contributed by atoms with Gasteiger partial charge in [-0.25, -0.2) is 9.59 Å². The predicted molar refractivity (Wildman–Crippen MR) is 87.6 cm³/mol. The molecule has 2 amide bonds. The van der Waals surface area contributed by atoms with E-state index in [1.165, 1.54) is 18.2 Å². The van der Waals surface area contributed by atoms with E-state index in [2.05, 4.69) is 27.5 Å². The molecule has 0 radical (unpaired) electrons. The molecule has 0 spiro atoms. The maximum atomic E-state index is 12.1. The summed E-state index contributed by atoms with van der Waals surface area (Å²) in [5.41, 5.74) is 3.52. The van der Waals surface area contributed by atoms with E-state index in [9.17, 15) is 9.59 Å². The number of hydrogen-bond donors (Lipinski definition) is 2. The first-order valence-electron chi connectivity index (χ1n) is 7.48. The Morgan fingerprint density at radius 1 is 1.04 bits per heavy atom. The maximum Gasteiger partial charge on any atom is 0.337 e. The van der Waals surface area contributed by atoms with Gasteiger partial charge in [0.25, 0.3) is 0 Å². The van der Waals surface area contributed by atoms with Crippen LogP contribution in [0.1, 0.15) is 21.5 Å². The Balaban J connectivity index is 1.59. The van der Waals surface area contributed by atoms with E-state index in [-0.39, 0.29) is 12.1 Å². The zero-order valence-electron chi connectivity index (χ0n) is 12.8. The first kappa shape index (κ1) is 15.1.